The molecule has 1 saturated carbocycles. The van der Waals surface area contributed by atoms with E-state index < -0.39 is 5.97 Å². The SMILES string of the molecule is COC(=O)c1ccc(N(C)C2CCCCC2)c(NC(=O)Cc2cccs2)c1. The molecule has 0 saturated heterocycles. The maximum atomic E-state index is 12.5. The molecule has 3 rings (SSSR count). The summed E-state index contributed by atoms with van der Waals surface area (Å²) in [6.45, 7) is 0. The van der Waals surface area contributed by atoms with E-state index in [9.17, 15) is 9.59 Å². The van der Waals surface area contributed by atoms with Crippen LogP contribution >= 0.6 is 11.3 Å². The third-order valence-corrected chi connectivity index (χ3v) is 5.99. The van der Waals surface area contributed by atoms with Crippen molar-refractivity contribution in [1.29, 1.82) is 0 Å². The summed E-state index contributed by atoms with van der Waals surface area (Å²) in [6.07, 6.45) is 6.38. The molecule has 0 atom stereocenters. The van der Waals surface area contributed by atoms with Crippen LogP contribution in [0.25, 0.3) is 0 Å². The Hall–Kier alpha value is -2.34. The van der Waals surface area contributed by atoms with Crippen molar-refractivity contribution >= 4 is 34.6 Å². The molecule has 1 aliphatic carbocycles. The summed E-state index contributed by atoms with van der Waals surface area (Å²) in [6, 6.07) is 9.72. The van der Waals surface area contributed by atoms with Gasteiger partial charge in [-0.3, -0.25) is 4.79 Å². The van der Waals surface area contributed by atoms with Gasteiger partial charge in [-0.2, -0.15) is 0 Å². The molecule has 1 amide bonds. The Labute approximate surface area is 164 Å². The van der Waals surface area contributed by atoms with E-state index in [1.807, 2.05) is 23.6 Å². The number of hydrogen-bond donors (Lipinski definition) is 1. The van der Waals surface area contributed by atoms with E-state index in [4.69, 9.17) is 4.74 Å². The molecule has 0 bridgehead atoms. The smallest absolute Gasteiger partial charge is 0.337 e. The summed E-state index contributed by atoms with van der Waals surface area (Å²) in [5.74, 6) is -0.492. The van der Waals surface area contributed by atoms with E-state index >= 15 is 0 Å². The van der Waals surface area contributed by atoms with E-state index in [1.54, 1.807) is 23.5 Å². The molecular formula is C21H26N2O3S. The van der Waals surface area contributed by atoms with Crippen LogP contribution in [0.4, 0.5) is 11.4 Å². The van der Waals surface area contributed by atoms with E-state index in [-0.39, 0.29) is 5.91 Å². The molecule has 1 aromatic carbocycles. The first kappa shape index (κ1) is 19.4. The number of methoxy groups -OCH3 is 1. The Morgan fingerprint density at radius 1 is 1.22 bits per heavy atom. The number of thiophene rings is 1. The summed E-state index contributed by atoms with van der Waals surface area (Å²) in [7, 11) is 3.43. The van der Waals surface area contributed by atoms with E-state index in [0.717, 1.165) is 23.4 Å². The van der Waals surface area contributed by atoms with Crippen molar-refractivity contribution in [3.63, 3.8) is 0 Å². The Balaban J connectivity index is 1.84. The predicted molar refractivity (Wildman–Crippen MR) is 110 cm³/mol. The molecule has 1 heterocycles. The maximum Gasteiger partial charge on any atom is 0.337 e. The highest BCUT2D eigenvalue weighted by atomic mass is 32.1. The zero-order valence-electron chi connectivity index (χ0n) is 15.9. The van der Waals surface area contributed by atoms with Gasteiger partial charge >= 0.3 is 5.97 Å². The van der Waals surface area contributed by atoms with Gasteiger partial charge in [0.15, 0.2) is 0 Å². The number of carbonyl (C=O) groups is 2. The minimum absolute atomic E-state index is 0.0854. The minimum Gasteiger partial charge on any atom is -0.465 e. The summed E-state index contributed by atoms with van der Waals surface area (Å²) in [5.41, 5.74) is 2.03. The van der Waals surface area contributed by atoms with Crippen LogP contribution in [0, 0.1) is 0 Å². The first-order valence-corrected chi connectivity index (χ1v) is 10.2. The van der Waals surface area contributed by atoms with E-state index in [0.29, 0.717) is 23.7 Å². The Kier molecular flexibility index (Phi) is 6.50. The van der Waals surface area contributed by atoms with Crippen LogP contribution in [0.1, 0.15) is 47.3 Å². The average Bonchev–Trinajstić information content (AvgIpc) is 3.20. The number of nitrogens with one attached hydrogen (secondary N) is 1. The number of nitrogens with zero attached hydrogens (tertiary/aromatic N) is 1. The highest BCUT2D eigenvalue weighted by Crippen LogP contribution is 2.32. The summed E-state index contributed by atoms with van der Waals surface area (Å²) in [5, 5.41) is 4.97. The molecule has 1 fully saturated rings. The highest BCUT2D eigenvalue weighted by molar-refractivity contribution is 7.10. The van der Waals surface area contributed by atoms with Crippen LogP contribution in [0.3, 0.4) is 0 Å². The first-order valence-electron chi connectivity index (χ1n) is 9.36. The molecule has 0 unspecified atom stereocenters. The van der Waals surface area contributed by atoms with Crippen LogP contribution < -0.4 is 10.2 Å². The van der Waals surface area contributed by atoms with Crippen molar-refractivity contribution in [2.45, 2.75) is 44.6 Å². The molecule has 0 aliphatic heterocycles. The molecule has 1 aliphatic rings. The van der Waals surface area contributed by atoms with Crippen LogP contribution in [-0.4, -0.2) is 32.1 Å². The van der Waals surface area contributed by atoms with Gasteiger partial charge in [-0.15, -0.1) is 11.3 Å². The molecule has 5 nitrogen and oxygen atoms in total. The molecule has 144 valence electrons. The quantitative estimate of drug-likeness (QED) is 0.744. The van der Waals surface area contributed by atoms with Gasteiger partial charge in [0.2, 0.25) is 5.91 Å². The largest absolute Gasteiger partial charge is 0.465 e. The van der Waals surface area contributed by atoms with Crippen molar-refractivity contribution in [2.24, 2.45) is 0 Å². The zero-order chi connectivity index (χ0) is 19.2. The summed E-state index contributed by atoms with van der Waals surface area (Å²) in [4.78, 5) is 27.7. The van der Waals surface area contributed by atoms with E-state index in [2.05, 4.69) is 17.3 Å². The lowest BCUT2D eigenvalue weighted by atomic mass is 9.94. The van der Waals surface area contributed by atoms with Gasteiger partial charge in [0, 0.05) is 18.0 Å². The van der Waals surface area contributed by atoms with Gasteiger partial charge < -0.3 is 15.0 Å². The lowest BCUT2D eigenvalue weighted by molar-refractivity contribution is -0.115. The zero-order valence-corrected chi connectivity index (χ0v) is 16.7. The van der Waals surface area contributed by atoms with Crippen LogP contribution in [-0.2, 0) is 16.0 Å². The first-order chi connectivity index (χ1) is 13.1. The Bertz CT molecular complexity index is 783. The third-order valence-electron chi connectivity index (χ3n) is 5.11. The van der Waals surface area contributed by atoms with Crippen molar-refractivity contribution < 1.29 is 14.3 Å². The van der Waals surface area contributed by atoms with Gasteiger partial charge in [-0.05, 0) is 42.5 Å². The second-order valence-electron chi connectivity index (χ2n) is 6.93. The molecule has 0 spiro atoms. The fraction of sp³-hybridized carbons (Fsp3) is 0.429. The second kappa shape index (κ2) is 9.04. The Morgan fingerprint density at radius 2 is 2.00 bits per heavy atom. The molecule has 6 heteroatoms. The Morgan fingerprint density at radius 3 is 2.67 bits per heavy atom. The summed E-state index contributed by atoms with van der Waals surface area (Å²) >= 11 is 1.56. The fourth-order valence-electron chi connectivity index (χ4n) is 3.62. The number of benzene rings is 1. The number of anilines is 2. The van der Waals surface area contributed by atoms with Gasteiger partial charge in [0.25, 0.3) is 0 Å². The second-order valence-corrected chi connectivity index (χ2v) is 7.96. The van der Waals surface area contributed by atoms with Crippen molar-refractivity contribution in [2.75, 3.05) is 24.4 Å². The number of ether oxygens (including phenoxy) is 1. The summed E-state index contributed by atoms with van der Waals surface area (Å²) < 4.78 is 4.83. The lowest BCUT2D eigenvalue weighted by Crippen LogP contribution is -2.34. The van der Waals surface area contributed by atoms with Gasteiger partial charge in [0.05, 0.1) is 30.5 Å². The van der Waals surface area contributed by atoms with Gasteiger partial charge in [-0.1, -0.05) is 25.3 Å². The number of rotatable bonds is 6. The third kappa shape index (κ3) is 4.89. The van der Waals surface area contributed by atoms with Gasteiger partial charge in [0.1, 0.15) is 0 Å². The highest BCUT2D eigenvalue weighted by Gasteiger charge is 2.22. The number of amides is 1. The fourth-order valence-corrected chi connectivity index (χ4v) is 4.32. The number of carbonyl (C=O) groups excluding carboxylic acids is 2. The topological polar surface area (TPSA) is 58.6 Å². The van der Waals surface area contributed by atoms with Crippen molar-refractivity contribution in [3.05, 3.63) is 46.2 Å². The van der Waals surface area contributed by atoms with Crippen molar-refractivity contribution in [1.82, 2.24) is 0 Å². The van der Waals surface area contributed by atoms with Crippen LogP contribution in [0.5, 0.6) is 0 Å². The van der Waals surface area contributed by atoms with Crippen molar-refractivity contribution in [3.8, 4) is 0 Å². The normalized spacial score (nSPS) is 14.6. The molecule has 1 N–H and O–H groups in total. The van der Waals surface area contributed by atoms with Crippen LogP contribution in [0.2, 0.25) is 0 Å². The molecule has 2 aromatic rings. The number of hydrogen-bond acceptors (Lipinski definition) is 5. The molecule has 27 heavy (non-hydrogen) atoms. The lowest BCUT2D eigenvalue weighted by Gasteiger charge is -2.34. The molecule has 1 aromatic heterocycles. The maximum absolute atomic E-state index is 12.5. The number of esters is 1. The molecular weight excluding hydrogens is 360 g/mol. The van der Waals surface area contributed by atoms with E-state index in [1.165, 1.54) is 26.4 Å². The van der Waals surface area contributed by atoms with Crippen LogP contribution in [0.15, 0.2) is 35.7 Å². The molecule has 0 radical (unpaired) electrons. The monoisotopic (exact) mass is 386 g/mol. The predicted octanol–water partition coefficient (Wildman–Crippen LogP) is 4.48. The minimum atomic E-state index is -0.407. The standard InChI is InChI=1S/C21H26N2O3S/c1-23(16-7-4-3-5-8-16)19-11-10-15(21(25)26-2)13-18(19)22-20(24)14-17-9-6-12-27-17/h6,9-13,16H,3-5,7-8,14H2,1-2H3,(H,22,24). The van der Waals surface area contributed by atoms with Gasteiger partial charge in [-0.25, -0.2) is 4.79 Å². The average molecular weight is 387 g/mol.